The van der Waals surface area contributed by atoms with Crippen LogP contribution >= 0.6 is 0 Å². The molecule has 3 aromatic rings. The quantitative estimate of drug-likeness (QED) is 0.674. The average molecular weight is 403 g/mol. The normalized spacial score (nSPS) is 15.5. The van der Waals surface area contributed by atoms with Crippen LogP contribution in [0.2, 0.25) is 0 Å². The van der Waals surface area contributed by atoms with Crippen molar-refractivity contribution in [2.75, 3.05) is 11.9 Å². The van der Waals surface area contributed by atoms with E-state index in [1.165, 1.54) is 18.2 Å². The van der Waals surface area contributed by atoms with Gasteiger partial charge in [0, 0.05) is 5.70 Å². The van der Waals surface area contributed by atoms with Gasteiger partial charge in [-0.3, -0.25) is 0 Å². The molecule has 10 heteroatoms. The van der Waals surface area contributed by atoms with Gasteiger partial charge in [0.05, 0.1) is 6.61 Å². The maximum atomic E-state index is 13.3. The molecule has 1 unspecified atom stereocenters. The van der Waals surface area contributed by atoms with Gasteiger partial charge in [0.15, 0.2) is 11.5 Å². The number of rotatable bonds is 6. The monoisotopic (exact) mass is 403 g/mol. The lowest BCUT2D eigenvalue weighted by Gasteiger charge is -2.24. The van der Waals surface area contributed by atoms with E-state index in [4.69, 9.17) is 4.74 Å². The molecule has 0 saturated heterocycles. The van der Waals surface area contributed by atoms with Crippen LogP contribution in [-0.2, 0) is 0 Å². The lowest BCUT2D eigenvalue weighted by atomic mass is 10.0. The second kappa shape index (κ2) is 7.82. The number of nitrogens with one attached hydrogen (secondary N) is 1. The Balaban J connectivity index is 1.76. The first-order valence-electron chi connectivity index (χ1n) is 8.79. The van der Waals surface area contributed by atoms with Gasteiger partial charge in [-0.15, -0.1) is 0 Å². The van der Waals surface area contributed by atoms with Crippen molar-refractivity contribution >= 4 is 11.6 Å². The van der Waals surface area contributed by atoms with Gasteiger partial charge in [-0.1, -0.05) is 11.2 Å². The summed E-state index contributed by atoms with van der Waals surface area (Å²) in [7, 11) is 0. The number of tetrazole rings is 1. The topological polar surface area (TPSA) is 74.1 Å². The summed E-state index contributed by atoms with van der Waals surface area (Å²) in [6.07, 6.45) is 1.86. The van der Waals surface area contributed by atoms with Crippen LogP contribution in [0.5, 0.6) is 11.5 Å². The molecular formula is C19H16F3N5O2. The highest BCUT2D eigenvalue weighted by Crippen LogP contribution is 2.36. The molecule has 0 saturated carbocycles. The summed E-state index contributed by atoms with van der Waals surface area (Å²) >= 11 is 0. The van der Waals surface area contributed by atoms with E-state index < -0.39 is 12.7 Å². The lowest BCUT2D eigenvalue weighted by Crippen LogP contribution is -2.20. The van der Waals surface area contributed by atoms with Gasteiger partial charge in [0.2, 0.25) is 5.95 Å². The van der Waals surface area contributed by atoms with Crippen molar-refractivity contribution in [1.82, 2.24) is 20.2 Å². The van der Waals surface area contributed by atoms with E-state index in [1.807, 2.05) is 6.08 Å². The van der Waals surface area contributed by atoms with Gasteiger partial charge in [-0.05, 0) is 71.0 Å². The van der Waals surface area contributed by atoms with E-state index in [0.717, 1.165) is 5.56 Å². The van der Waals surface area contributed by atoms with Crippen LogP contribution in [0.3, 0.4) is 0 Å². The maximum absolute atomic E-state index is 13.3. The SMILES string of the molecule is CCOc1cc(C2C=C(c3ccc(F)cc3)Nc3nnnn32)ccc1OC(F)F. The number of aromatic nitrogens is 4. The van der Waals surface area contributed by atoms with Crippen LogP contribution in [0.1, 0.15) is 24.1 Å². The Morgan fingerprint density at radius 1 is 1.14 bits per heavy atom. The molecule has 0 radical (unpaired) electrons. The number of ether oxygens (including phenoxy) is 2. The summed E-state index contributed by atoms with van der Waals surface area (Å²) in [6.45, 7) is -0.938. The molecule has 0 aliphatic carbocycles. The van der Waals surface area contributed by atoms with Crippen molar-refractivity contribution in [2.24, 2.45) is 0 Å². The van der Waals surface area contributed by atoms with Gasteiger partial charge in [-0.25, -0.2) is 4.39 Å². The van der Waals surface area contributed by atoms with Gasteiger partial charge in [0.25, 0.3) is 0 Å². The Morgan fingerprint density at radius 2 is 1.93 bits per heavy atom. The van der Waals surface area contributed by atoms with Crippen LogP contribution < -0.4 is 14.8 Å². The lowest BCUT2D eigenvalue weighted by molar-refractivity contribution is -0.0514. The first-order valence-corrected chi connectivity index (χ1v) is 8.79. The van der Waals surface area contributed by atoms with Crippen molar-refractivity contribution in [3.05, 3.63) is 65.5 Å². The third-order valence-electron chi connectivity index (χ3n) is 4.31. The molecular weight excluding hydrogens is 387 g/mol. The molecule has 2 aromatic carbocycles. The van der Waals surface area contributed by atoms with Crippen LogP contribution in [0.25, 0.3) is 5.70 Å². The van der Waals surface area contributed by atoms with Crippen molar-refractivity contribution in [2.45, 2.75) is 19.6 Å². The van der Waals surface area contributed by atoms with Crippen molar-refractivity contribution < 1.29 is 22.6 Å². The predicted octanol–water partition coefficient (Wildman–Crippen LogP) is 3.87. The molecule has 1 aromatic heterocycles. The molecule has 0 bridgehead atoms. The number of allylic oxidation sites excluding steroid dienone is 1. The second-order valence-electron chi connectivity index (χ2n) is 6.12. The molecule has 0 amide bonds. The zero-order valence-electron chi connectivity index (χ0n) is 15.2. The van der Waals surface area contributed by atoms with E-state index in [1.54, 1.807) is 35.9 Å². The van der Waals surface area contributed by atoms with Crippen molar-refractivity contribution in [3.63, 3.8) is 0 Å². The number of hydrogen-bond donors (Lipinski definition) is 1. The minimum Gasteiger partial charge on any atom is -0.490 e. The van der Waals surface area contributed by atoms with E-state index in [9.17, 15) is 13.2 Å². The summed E-state index contributed by atoms with van der Waals surface area (Å²) < 4.78 is 50.1. The minimum absolute atomic E-state index is 0.0563. The van der Waals surface area contributed by atoms with Gasteiger partial charge in [-0.2, -0.15) is 13.5 Å². The van der Waals surface area contributed by atoms with Crippen LogP contribution in [0.15, 0.2) is 48.5 Å². The number of fused-ring (bicyclic) bond motifs is 1. The standard InChI is InChI=1S/C19H16F3N5O2/c1-2-28-17-9-12(5-8-16(17)29-18(21)22)15-10-14(11-3-6-13(20)7-4-11)23-19-24-25-26-27(15)19/h3-10,15,18H,2H2,1H3,(H,23,24,26). The van der Waals surface area contributed by atoms with E-state index >= 15 is 0 Å². The summed E-state index contributed by atoms with van der Waals surface area (Å²) in [6, 6.07) is 10.2. The molecule has 1 aliphatic rings. The summed E-state index contributed by atoms with van der Waals surface area (Å²) in [4.78, 5) is 0. The molecule has 0 spiro atoms. The first-order chi connectivity index (χ1) is 14.0. The summed E-state index contributed by atoms with van der Waals surface area (Å²) in [5.74, 6) is 0.180. The Hall–Kier alpha value is -3.56. The largest absolute Gasteiger partial charge is 0.490 e. The molecule has 4 rings (SSSR count). The fraction of sp³-hybridized carbons (Fsp3) is 0.211. The predicted molar refractivity (Wildman–Crippen MR) is 98.2 cm³/mol. The Labute approximate surface area is 163 Å². The third kappa shape index (κ3) is 3.86. The summed E-state index contributed by atoms with van der Waals surface area (Å²) in [5, 5.41) is 14.8. The number of nitrogens with zero attached hydrogens (tertiary/aromatic N) is 4. The fourth-order valence-electron chi connectivity index (χ4n) is 3.06. The zero-order chi connectivity index (χ0) is 20.4. The van der Waals surface area contributed by atoms with Gasteiger partial charge < -0.3 is 14.8 Å². The van der Waals surface area contributed by atoms with Crippen LogP contribution in [0.4, 0.5) is 19.1 Å². The Morgan fingerprint density at radius 3 is 2.66 bits per heavy atom. The summed E-state index contributed by atoms with van der Waals surface area (Å²) in [5.41, 5.74) is 2.13. The third-order valence-corrected chi connectivity index (χ3v) is 4.31. The molecule has 1 aliphatic heterocycles. The number of alkyl halides is 2. The smallest absolute Gasteiger partial charge is 0.387 e. The highest BCUT2D eigenvalue weighted by Gasteiger charge is 2.25. The number of anilines is 1. The van der Waals surface area contributed by atoms with Crippen molar-refractivity contribution in [3.8, 4) is 11.5 Å². The second-order valence-corrected chi connectivity index (χ2v) is 6.12. The molecule has 7 nitrogen and oxygen atoms in total. The highest BCUT2D eigenvalue weighted by molar-refractivity contribution is 5.77. The van der Waals surface area contributed by atoms with Gasteiger partial charge in [0.1, 0.15) is 11.9 Å². The number of hydrogen-bond acceptors (Lipinski definition) is 6. The fourth-order valence-corrected chi connectivity index (χ4v) is 3.06. The van der Waals surface area contributed by atoms with Gasteiger partial charge >= 0.3 is 6.61 Å². The highest BCUT2D eigenvalue weighted by atomic mass is 19.3. The van der Waals surface area contributed by atoms with Crippen molar-refractivity contribution in [1.29, 1.82) is 0 Å². The van der Waals surface area contributed by atoms with E-state index in [0.29, 0.717) is 17.2 Å². The number of halogens is 3. The zero-order valence-corrected chi connectivity index (χ0v) is 15.2. The van der Waals surface area contributed by atoms with Crippen LogP contribution in [-0.4, -0.2) is 33.4 Å². The average Bonchev–Trinajstić information content (AvgIpc) is 3.18. The minimum atomic E-state index is -2.96. The van der Waals surface area contributed by atoms with E-state index in [2.05, 4.69) is 25.6 Å². The molecule has 2 heterocycles. The molecule has 1 N–H and O–H groups in total. The Kier molecular flexibility index (Phi) is 5.07. The van der Waals surface area contributed by atoms with E-state index in [-0.39, 0.29) is 23.9 Å². The van der Waals surface area contributed by atoms with Crippen LogP contribution in [0, 0.1) is 5.82 Å². The molecule has 29 heavy (non-hydrogen) atoms. The first kappa shape index (κ1) is 18.8. The molecule has 0 fully saturated rings. The maximum Gasteiger partial charge on any atom is 0.387 e. The molecule has 150 valence electrons. The Bertz CT molecular complexity index is 1040. The number of benzene rings is 2. The molecule has 1 atom stereocenters.